The van der Waals surface area contributed by atoms with Crippen LogP contribution in [-0.2, 0) is 37.5 Å². The number of phosphoric acid groups is 1. The molecule has 0 aliphatic rings. The van der Waals surface area contributed by atoms with E-state index in [2.05, 4.69) is 18.4 Å². The average molecular weight is 848 g/mol. The lowest BCUT2D eigenvalue weighted by Crippen LogP contribution is -2.34. The van der Waals surface area contributed by atoms with Crippen molar-refractivity contribution in [2.24, 2.45) is 5.73 Å². The Morgan fingerprint density at radius 1 is 0.466 bits per heavy atom. The van der Waals surface area contributed by atoms with Crippen molar-refractivity contribution in [3.05, 3.63) is 0 Å². The van der Waals surface area contributed by atoms with Crippen LogP contribution in [0.5, 0.6) is 0 Å². The van der Waals surface area contributed by atoms with Gasteiger partial charge in [-0.05, 0) is 12.8 Å². The Kier molecular flexibility index (Phi) is 41.1. The van der Waals surface area contributed by atoms with E-state index in [0.29, 0.717) is 12.8 Å². The number of unbranched alkanes of at least 4 members (excludes halogenated alkanes) is 32. The van der Waals surface area contributed by atoms with Crippen molar-refractivity contribution in [3.8, 4) is 0 Å². The fraction of sp³-hybridized carbons (Fsp3) is 0.935. The molecule has 344 valence electrons. The third-order valence-corrected chi connectivity index (χ3v) is 11.8. The number of esters is 2. The molecule has 0 saturated heterocycles. The molecule has 0 heterocycles. The van der Waals surface area contributed by atoms with Crippen LogP contribution < -0.4 is 5.73 Å². The van der Waals surface area contributed by atoms with Crippen molar-refractivity contribution in [1.82, 2.24) is 0 Å². The van der Waals surface area contributed by atoms with Crippen molar-refractivity contribution < 1.29 is 47.5 Å². The highest BCUT2D eigenvalue weighted by Crippen LogP contribution is 2.43. The first-order valence-electron chi connectivity index (χ1n) is 24.1. The number of rotatable bonds is 46. The second-order valence-electron chi connectivity index (χ2n) is 16.6. The van der Waals surface area contributed by atoms with Crippen molar-refractivity contribution in [2.45, 2.75) is 257 Å². The van der Waals surface area contributed by atoms with Gasteiger partial charge in [0.2, 0.25) is 0 Å². The molecular weight excluding hydrogens is 757 g/mol. The maximum absolute atomic E-state index is 12.7. The number of ether oxygens (including phenoxy) is 2. The average Bonchev–Trinajstić information content (AvgIpc) is 3.20. The van der Waals surface area contributed by atoms with Gasteiger partial charge in [-0.2, -0.15) is 0 Å². The summed E-state index contributed by atoms with van der Waals surface area (Å²) < 4.78 is 32.8. The first-order chi connectivity index (χ1) is 28.1. The normalized spacial score (nSPS) is 13.6. The fourth-order valence-electron chi connectivity index (χ4n) is 7.07. The maximum Gasteiger partial charge on any atom is 0.472 e. The van der Waals surface area contributed by atoms with Crippen LogP contribution in [0.2, 0.25) is 0 Å². The Balaban J connectivity index is 4.18. The molecule has 0 spiro atoms. The summed E-state index contributed by atoms with van der Waals surface area (Å²) in [5.41, 5.74) is 5.34. The molecule has 58 heavy (non-hydrogen) atoms. The minimum absolute atomic E-state index is 0.170. The molecule has 0 aliphatic carbocycles. The molecule has 0 saturated carbocycles. The standard InChI is InChI=1S/C46H90NO10P/c1-3-5-7-9-11-13-15-17-18-19-20-21-22-23-24-25-26-28-30-32-34-36-38-45(49)57-42(40-55-58(52,53)56-41-43(47)46(50)51)39-54-44(48)37-35-33-31-29-27-16-14-12-10-8-6-4-2/h42-43H,3-41,47H2,1-2H3,(H,50,51)(H,52,53)/t42-,43-/m0/s1. The first kappa shape index (κ1) is 56.5. The van der Waals surface area contributed by atoms with Gasteiger partial charge in [-0.15, -0.1) is 0 Å². The molecule has 0 aromatic carbocycles. The molecule has 0 bridgehead atoms. The summed E-state index contributed by atoms with van der Waals surface area (Å²) in [4.78, 5) is 46.0. The number of carbonyl (C=O) groups is 3. The third-order valence-electron chi connectivity index (χ3n) is 10.9. The first-order valence-corrected chi connectivity index (χ1v) is 25.6. The third kappa shape index (κ3) is 41.2. The van der Waals surface area contributed by atoms with Gasteiger partial charge in [0.25, 0.3) is 0 Å². The van der Waals surface area contributed by atoms with E-state index < -0.39 is 51.1 Å². The fourth-order valence-corrected chi connectivity index (χ4v) is 7.85. The molecule has 0 fully saturated rings. The van der Waals surface area contributed by atoms with Gasteiger partial charge >= 0.3 is 25.7 Å². The monoisotopic (exact) mass is 848 g/mol. The Bertz CT molecular complexity index is 1000. The van der Waals surface area contributed by atoms with Crippen LogP contribution in [0.4, 0.5) is 0 Å². The summed E-state index contributed by atoms with van der Waals surface area (Å²) in [5.74, 6) is -2.36. The van der Waals surface area contributed by atoms with E-state index >= 15 is 0 Å². The number of nitrogens with two attached hydrogens (primary N) is 1. The van der Waals surface area contributed by atoms with E-state index in [1.165, 1.54) is 167 Å². The van der Waals surface area contributed by atoms with Gasteiger partial charge in [-0.25, -0.2) is 4.57 Å². The quantitative estimate of drug-likeness (QED) is 0.0302. The second-order valence-corrected chi connectivity index (χ2v) is 18.1. The molecule has 0 aliphatic heterocycles. The molecule has 11 nitrogen and oxygen atoms in total. The molecule has 12 heteroatoms. The smallest absolute Gasteiger partial charge is 0.472 e. The van der Waals surface area contributed by atoms with Crippen molar-refractivity contribution in [2.75, 3.05) is 19.8 Å². The molecule has 0 aromatic rings. The van der Waals surface area contributed by atoms with E-state index in [1.807, 2.05) is 0 Å². The molecule has 3 atom stereocenters. The summed E-state index contributed by atoms with van der Waals surface area (Å²) in [6, 6.07) is -1.52. The summed E-state index contributed by atoms with van der Waals surface area (Å²) >= 11 is 0. The lowest BCUT2D eigenvalue weighted by Gasteiger charge is -2.20. The van der Waals surface area contributed by atoms with Crippen LogP contribution in [-0.4, -0.2) is 59.9 Å². The zero-order valence-electron chi connectivity index (χ0n) is 37.4. The predicted octanol–water partition coefficient (Wildman–Crippen LogP) is 13.1. The van der Waals surface area contributed by atoms with E-state index in [0.717, 1.165) is 38.5 Å². The number of carboxylic acid groups (broad SMARTS) is 1. The Hall–Kier alpha value is -1.52. The number of aliphatic carboxylic acids is 1. The van der Waals surface area contributed by atoms with Crippen LogP contribution in [0.25, 0.3) is 0 Å². The molecular formula is C46H90NO10P. The Labute approximate surface area is 355 Å². The molecule has 0 aromatic heterocycles. The van der Waals surface area contributed by atoms with Crippen LogP contribution in [0, 0.1) is 0 Å². The maximum atomic E-state index is 12.7. The Morgan fingerprint density at radius 3 is 1.09 bits per heavy atom. The highest BCUT2D eigenvalue weighted by atomic mass is 31.2. The topological polar surface area (TPSA) is 172 Å². The predicted molar refractivity (Wildman–Crippen MR) is 236 cm³/mol. The van der Waals surface area contributed by atoms with E-state index in [1.54, 1.807) is 0 Å². The van der Waals surface area contributed by atoms with Crippen LogP contribution in [0.1, 0.15) is 245 Å². The van der Waals surface area contributed by atoms with Crippen LogP contribution in [0.15, 0.2) is 0 Å². The summed E-state index contributed by atoms with van der Waals surface area (Å²) in [5, 5.41) is 8.90. The molecule has 4 N–H and O–H groups in total. The van der Waals surface area contributed by atoms with Crippen LogP contribution in [0.3, 0.4) is 0 Å². The van der Waals surface area contributed by atoms with E-state index in [4.69, 9.17) is 24.8 Å². The minimum atomic E-state index is -4.71. The summed E-state index contributed by atoms with van der Waals surface area (Å²) in [7, 11) is -4.71. The molecule has 0 rings (SSSR count). The van der Waals surface area contributed by atoms with Gasteiger partial charge in [0, 0.05) is 12.8 Å². The van der Waals surface area contributed by atoms with Crippen LogP contribution >= 0.6 is 7.82 Å². The van der Waals surface area contributed by atoms with Gasteiger partial charge in [0.05, 0.1) is 13.2 Å². The number of carboxylic acids is 1. The highest BCUT2D eigenvalue weighted by molar-refractivity contribution is 7.47. The van der Waals surface area contributed by atoms with Gasteiger partial charge < -0.3 is 25.2 Å². The van der Waals surface area contributed by atoms with Gasteiger partial charge in [-0.3, -0.25) is 23.4 Å². The molecule has 0 amide bonds. The summed E-state index contributed by atoms with van der Waals surface area (Å²) in [6.07, 6.45) is 41.7. The van der Waals surface area contributed by atoms with Gasteiger partial charge in [-0.1, -0.05) is 219 Å². The van der Waals surface area contributed by atoms with Crippen molar-refractivity contribution in [1.29, 1.82) is 0 Å². The lowest BCUT2D eigenvalue weighted by atomic mass is 10.0. The van der Waals surface area contributed by atoms with Gasteiger partial charge in [0.15, 0.2) is 6.10 Å². The van der Waals surface area contributed by atoms with Crippen molar-refractivity contribution >= 4 is 25.7 Å². The van der Waals surface area contributed by atoms with E-state index in [9.17, 15) is 23.8 Å². The summed E-state index contributed by atoms with van der Waals surface area (Å²) in [6.45, 7) is 2.84. The molecule has 0 radical (unpaired) electrons. The van der Waals surface area contributed by atoms with Gasteiger partial charge in [0.1, 0.15) is 12.6 Å². The highest BCUT2D eigenvalue weighted by Gasteiger charge is 2.28. The second kappa shape index (κ2) is 42.2. The van der Waals surface area contributed by atoms with Crippen molar-refractivity contribution in [3.63, 3.8) is 0 Å². The number of carbonyl (C=O) groups excluding carboxylic acids is 2. The van der Waals surface area contributed by atoms with E-state index in [-0.39, 0.29) is 19.4 Å². The zero-order valence-corrected chi connectivity index (χ0v) is 38.3. The molecule has 1 unspecified atom stereocenters. The SMILES string of the molecule is CCCCCCCCCCCCCCCCCCCCCCCCC(=O)O[C@@H](COC(=O)CCCCCCCCCCCCCC)COP(=O)(O)OC[C@H](N)C(=O)O. The lowest BCUT2D eigenvalue weighted by molar-refractivity contribution is -0.161. The number of hydrogen-bond acceptors (Lipinski definition) is 9. The zero-order chi connectivity index (χ0) is 42.8. The number of phosphoric ester groups is 1. The minimum Gasteiger partial charge on any atom is -0.480 e. The Morgan fingerprint density at radius 2 is 0.759 bits per heavy atom. The number of hydrogen-bond donors (Lipinski definition) is 3. The largest absolute Gasteiger partial charge is 0.480 e.